The van der Waals surface area contributed by atoms with Gasteiger partial charge in [0.1, 0.15) is 5.82 Å². The summed E-state index contributed by atoms with van der Waals surface area (Å²) in [5, 5.41) is 20.5. The number of hydrogen-bond acceptors (Lipinski definition) is 3. The molecule has 152 valence electrons. The highest BCUT2D eigenvalue weighted by Gasteiger charge is 2.25. The lowest BCUT2D eigenvalue weighted by atomic mass is 9.96. The molecule has 0 amide bonds. The Morgan fingerprint density at radius 3 is 2.30 bits per heavy atom. The Bertz CT molecular complexity index is 1260. The van der Waals surface area contributed by atoms with Gasteiger partial charge in [-0.2, -0.15) is 0 Å². The van der Waals surface area contributed by atoms with E-state index in [1.54, 1.807) is 30.5 Å². The fourth-order valence-electron chi connectivity index (χ4n) is 3.74. The molecule has 4 rings (SSSR count). The summed E-state index contributed by atoms with van der Waals surface area (Å²) < 4.78 is 15.5. The van der Waals surface area contributed by atoms with Crippen LogP contribution in [-0.2, 0) is 0 Å². The van der Waals surface area contributed by atoms with Gasteiger partial charge in [0.05, 0.1) is 22.7 Å². The first-order valence-electron chi connectivity index (χ1n) is 9.31. The van der Waals surface area contributed by atoms with Gasteiger partial charge in [-0.05, 0) is 47.9 Å². The lowest BCUT2D eigenvalue weighted by molar-refractivity contribution is 0.0697. The van der Waals surface area contributed by atoms with Crippen molar-refractivity contribution in [2.75, 3.05) is 0 Å². The van der Waals surface area contributed by atoms with E-state index >= 15 is 0 Å². The highest BCUT2D eigenvalue weighted by atomic mass is 35.5. The summed E-state index contributed by atoms with van der Waals surface area (Å²) in [6, 6.07) is 12.5. The van der Waals surface area contributed by atoms with Crippen LogP contribution in [0.15, 0.2) is 54.7 Å². The molecule has 7 heteroatoms. The van der Waals surface area contributed by atoms with E-state index in [1.165, 1.54) is 24.3 Å². The predicted molar refractivity (Wildman–Crippen MR) is 114 cm³/mol. The quantitative estimate of drug-likeness (QED) is 0.393. The third-order valence-electron chi connectivity index (χ3n) is 5.03. The predicted octanol–water partition coefficient (Wildman–Crippen LogP) is 6.01. The van der Waals surface area contributed by atoms with Gasteiger partial charge in [0.25, 0.3) is 0 Å². The molecule has 0 saturated carbocycles. The molecular weight excluding hydrogens is 407 g/mol. The third kappa shape index (κ3) is 3.19. The van der Waals surface area contributed by atoms with Crippen molar-refractivity contribution in [3.05, 3.63) is 77.0 Å². The Kier molecular flexibility index (Phi) is 4.95. The van der Waals surface area contributed by atoms with E-state index in [0.29, 0.717) is 16.6 Å². The number of pyridine rings is 1. The van der Waals surface area contributed by atoms with E-state index in [1.807, 2.05) is 18.4 Å². The third-order valence-corrected chi connectivity index (χ3v) is 5.31. The molecule has 0 aliphatic heterocycles. The maximum absolute atomic E-state index is 13.5. The largest absolute Gasteiger partial charge is 0.504 e. The second kappa shape index (κ2) is 7.46. The molecule has 2 N–H and O–H groups in total. The smallest absolute Gasteiger partial charge is 0.335 e. The van der Waals surface area contributed by atoms with Crippen LogP contribution in [0.1, 0.15) is 35.8 Å². The number of aromatic carboxylic acids is 1. The summed E-state index contributed by atoms with van der Waals surface area (Å²) in [5.41, 5.74) is 3.80. The number of carbonyl (C=O) groups is 1. The SMILES string of the molecule is CC(C)c1c(-c2ccc(C(=O)O)cc2)c2c(O)c(Cl)ncc2n1-c1ccc(F)cc1. The molecule has 0 fully saturated rings. The molecule has 5 nitrogen and oxygen atoms in total. The van der Waals surface area contributed by atoms with Crippen LogP contribution in [0.3, 0.4) is 0 Å². The van der Waals surface area contributed by atoms with Gasteiger partial charge >= 0.3 is 5.97 Å². The Labute approximate surface area is 177 Å². The van der Waals surface area contributed by atoms with Gasteiger partial charge in [0.15, 0.2) is 10.9 Å². The van der Waals surface area contributed by atoms with Crippen molar-refractivity contribution >= 4 is 28.5 Å². The minimum atomic E-state index is -1.02. The molecule has 0 unspecified atom stereocenters. The van der Waals surface area contributed by atoms with E-state index in [9.17, 15) is 19.4 Å². The second-order valence-electron chi connectivity index (χ2n) is 7.27. The topological polar surface area (TPSA) is 75.3 Å². The number of halogens is 2. The zero-order chi connectivity index (χ0) is 21.6. The second-order valence-corrected chi connectivity index (χ2v) is 7.63. The summed E-state index contributed by atoms with van der Waals surface area (Å²) in [4.78, 5) is 15.3. The average molecular weight is 425 g/mol. The summed E-state index contributed by atoms with van der Waals surface area (Å²) in [6.45, 7) is 4.02. The maximum Gasteiger partial charge on any atom is 0.335 e. The number of aromatic hydroxyl groups is 1. The number of carboxylic acids is 1. The van der Waals surface area contributed by atoms with Crippen LogP contribution in [-0.4, -0.2) is 25.7 Å². The van der Waals surface area contributed by atoms with Crippen molar-refractivity contribution in [2.45, 2.75) is 19.8 Å². The van der Waals surface area contributed by atoms with Crippen molar-refractivity contribution < 1.29 is 19.4 Å². The Balaban J connectivity index is 2.13. The number of benzene rings is 2. The number of hydrogen-bond donors (Lipinski definition) is 2. The summed E-state index contributed by atoms with van der Waals surface area (Å²) >= 11 is 6.12. The molecule has 0 aliphatic rings. The zero-order valence-electron chi connectivity index (χ0n) is 16.2. The fraction of sp³-hybridized carbons (Fsp3) is 0.130. The Morgan fingerprint density at radius 1 is 1.10 bits per heavy atom. The molecule has 0 atom stereocenters. The highest BCUT2D eigenvalue weighted by molar-refractivity contribution is 6.32. The first-order valence-corrected chi connectivity index (χ1v) is 9.68. The molecule has 0 aliphatic carbocycles. The molecular formula is C23H18ClFN2O3. The van der Waals surface area contributed by atoms with Gasteiger partial charge in [-0.15, -0.1) is 0 Å². The molecule has 0 radical (unpaired) electrons. The standard InChI is InChI=1S/C23H18ClFN2O3/c1-12(2)20-18(13-3-5-14(6-4-13)23(29)30)19-17(11-26-22(24)21(19)28)27(20)16-9-7-15(25)8-10-16/h3-12,28H,1-2H3,(H,29,30). The van der Waals surface area contributed by atoms with Crippen molar-refractivity contribution in [3.63, 3.8) is 0 Å². The fourth-order valence-corrected chi connectivity index (χ4v) is 3.88. The van der Waals surface area contributed by atoms with Gasteiger partial charge in [0, 0.05) is 16.9 Å². The summed E-state index contributed by atoms with van der Waals surface area (Å²) in [7, 11) is 0. The van der Waals surface area contributed by atoms with E-state index < -0.39 is 5.97 Å². The van der Waals surface area contributed by atoms with Gasteiger partial charge < -0.3 is 14.8 Å². The molecule has 0 spiro atoms. The van der Waals surface area contributed by atoms with Crippen molar-refractivity contribution in [1.82, 2.24) is 9.55 Å². The van der Waals surface area contributed by atoms with Gasteiger partial charge in [-0.1, -0.05) is 37.6 Å². The lowest BCUT2D eigenvalue weighted by Crippen LogP contribution is -2.03. The van der Waals surface area contributed by atoms with Crippen LogP contribution in [0.4, 0.5) is 4.39 Å². The summed E-state index contributed by atoms with van der Waals surface area (Å²) in [6.07, 6.45) is 1.57. The van der Waals surface area contributed by atoms with Crippen LogP contribution in [0.5, 0.6) is 5.75 Å². The van der Waals surface area contributed by atoms with Crippen LogP contribution in [0, 0.1) is 5.82 Å². The maximum atomic E-state index is 13.5. The van der Waals surface area contributed by atoms with Gasteiger partial charge in [-0.3, -0.25) is 0 Å². The van der Waals surface area contributed by atoms with Crippen LogP contribution in [0.2, 0.25) is 5.15 Å². The van der Waals surface area contributed by atoms with E-state index in [0.717, 1.165) is 16.8 Å². The van der Waals surface area contributed by atoms with E-state index in [4.69, 9.17) is 11.6 Å². The first-order chi connectivity index (χ1) is 14.3. The Hall–Kier alpha value is -3.38. The number of nitrogens with zero attached hydrogens (tertiary/aromatic N) is 2. The molecule has 30 heavy (non-hydrogen) atoms. The number of rotatable bonds is 4. The van der Waals surface area contributed by atoms with Crippen LogP contribution < -0.4 is 0 Å². The minimum Gasteiger partial charge on any atom is -0.504 e. The lowest BCUT2D eigenvalue weighted by Gasteiger charge is -2.15. The minimum absolute atomic E-state index is 0.00905. The molecule has 2 aromatic carbocycles. The van der Waals surface area contributed by atoms with Crippen molar-refractivity contribution in [2.24, 2.45) is 0 Å². The summed E-state index contributed by atoms with van der Waals surface area (Å²) in [5.74, 6) is -1.52. The molecule has 2 aromatic heterocycles. The van der Waals surface area contributed by atoms with Crippen molar-refractivity contribution in [1.29, 1.82) is 0 Å². The van der Waals surface area contributed by atoms with E-state index in [2.05, 4.69) is 4.98 Å². The molecule has 0 bridgehead atoms. The number of aromatic nitrogens is 2. The van der Waals surface area contributed by atoms with Gasteiger partial charge in [-0.25, -0.2) is 14.2 Å². The Morgan fingerprint density at radius 2 is 1.73 bits per heavy atom. The molecule has 2 heterocycles. The highest BCUT2D eigenvalue weighted by Crippen LogP contribution is 2.45. The monoisotopic (exact) mass is 424 g/mol. The molecule has 4 aromatic rings. The van der Waals surface area contributed by atoms with Crippen molar-refractivity contribution in [3.8, 4) is 22.6 Å². The van der Waals surface area contributed by atoms with Gasteiger partial charge in [0.2, 0.25) is 0 Å². The van der Waals surface area contributed by atoms with E-state index in [-0.39, 0.29) is 28.2 Å². The van der Waals surface area contributed by atoms with Crippen LogP contribution in [0.25, 0.3) is 27.7 Å². The average Bonchev–Trinajstić information content (AvgIpc) is 3.07. The normalized spacial score (nSPS) is 11.4. The number of fused-ring (bicyclic) bond motifs is 1. The van der Waals surface area contributed by atoms with Crippen LogP contribution >= 0.6 is 11.6 Å². The zero-order valence-corrected chi connectivity index (χ0v) is 17.0. The first kappa shape index (κ1) is 19.9. The molecule has 0 saturated heterocycles. The number of carboxylic acid groups (broad SMARTS) is 1.